The topological polar surface area (TPSA) is 90.4 Å². The van der Waals surface area contributed by atoms with Crippen molar-refractivity contribution in [2.24, 2.45) is 0 Å². The highest BCUT2D eigenvalue weighted by atomic mass is 32.2. The molecule has 0 aliphatic carbocycles. The molecule has 0 amide bonds. The van der Waals surface area contributed by atoms with Gasteiger partial charge in [0.1, 0.15) is 12.3 Å². The molecule has 8 heteroatoms. The van der Waals surface area contributed by atoms with E-state index in [2.05, 4.69) is 4.98 Å². The van der Waals surface area contributed by atoms with Gasteiger partial charge in [-0.2, -0.15) is 4.98 Å². The van der Waals surface area contributed by atoms with Crippen LogP contribution < -0.4 is 11.4 Å². The fraction of sp³-hybridized carbons (Fsp3) is 0.500. The summed E-state index contributed by atoms with van der Waals surface area (Å²) in [6.07, 6.45) is 1.34. The second-order valence-corrected chi connectivity index (χ2v) is 4.93. The zero-order chi connectivity index (χ0) is 11.7. The average Bonchev–Trinajstić information content (AvgIpc) is 2.71. The maximum absolute atomic E-state index is 13.1. The quantitative estimate of drug-likeness (QED) is 0.658. The van der Waals surface area contributed by atoms with Gasteiger partial charge in [0.2, 0.25) is 0 Å². The van der Waals surface area contributed by atoms with Crippen molar-refractivity contribution < 1.29 is 13.7 Å². The predicted molar refractivity (Wildman–Crippen MR) is 57.1 cm³/mol. The molecule has 1 unspecified atom stereocenters. The van der Waals surface area contributed by atoms with Crippen LogP contribution in [0.1, 0.15) is 6.42 Å². The molecule has 0 spiro atoms. The molecule has 0 radical (unpaired) electrons. The van der Waals surface area contributed by atoms with Crippen LogP contribution in [0.5, 0.6) is 0 Å². The molecule has 1 aliphatic heterocycles. The lowest BCUT2D eigenvalue weighted by molar-refractivity contribution is 0.143. The number of aliphatic hydroxyl groups excluding tert-OH is 1. The second kappa shape index (κ2) is 4.40. The fourth-order valence-corrected chi connectivity index (χ4v) is 3.07. The summed E-state index contributed by atoms with van der Waals surface area (Å²) < 4.78 is 19.6. The molecule has 1 aromatic heterocycles. The largest absolute Gasteiger partial charge is 0.393 e. The number of aromatic nitrogens is 2. The maximum Gasteiger partial charge on any atom is 0.393 e. The first-order valence-electron chi connectivity index (χ1n) is 4.66. The van der Waals surface area contributed by atoms with Gasteiger partial charge < -0.3 is 10.8 Å². The van der Waals surface area contributed by atoms with Gasteiger partial charge in [-0.05, 0) is 0 Å². The van der Waals surface area contributed by atoms with E-state index in [0.29, 0.717) is 12.2 Å². The van der Waals surface area contributed by atoms with E-state index in [1.54, 1.807) is 0 Å². The molecule has 3 N–H and O–H groups in total. The lowest BCUT2D eigenvalue weighted by Crippen LogP contribution is -2.31. The molecule has 2 heterocycles. The van der Waals surface area contributed by atoms with Gasteiger partial charge in [0.05, 0.1) is 6.61 Å². The Bertz CT molecular complexity index is 453. The lowest BCUT2D eigenvalue weighted by Gasteiger charge is -2.02. The molecule has 0 aromatic carbocycles. The SMILES string of the molecule is Nc1nc(=O)n([S+]2CC[C@@H](CO)O2)cc1F. The lowest BCUT2D eigenvalue weighted by atomic mass is 10.3. The van der Waals surface area contributed by atoms with Gasteiger partial charge in [-0.1, -0.05) is 3.97 Å². The summed E-state index contributed by atoms with van der Waals surface area (Å²) in [5.41, 5.74) is 4.53. The van der Waals surface area contributed by atoms with E-state index in [1.807, 2.05) is 0 Å². The highest BCUT2D eigenvalue weighted by Gasteiger charge is 2.38. The number of nitrogens with two attached hydrogens (primary N) is 1. The van der Waals surface area contributed by atoms with Crippen LogP contribution in [0.3, 0.4) is 0 Å². The van der Waals surface area contributed by atoms with Crippen LogP contribution in [0.25, 0.3) is 0 Å². The predicted octanol–water partition coefficient (Wildman–Crippen LogP) is -0.958. The van der Waals surface area contributed by atoms with Crippen molar-refractivity contribution in [3.63, 3.8) is 0 Å². The molecule has 1 aliphatic rings. The van der Waals surface area contributed by atoms with E-state index < -0.39 is 28.7 Å². The summed E-state index contributed by atoms with van der Waals surface area (Å²) in [5.74, 6) is -0.596. The van der Waals surface area contributed by atoms with Crippen molar-refractivity contribution in [2.45, 2.75) is 12.5 Å². The zero-order valence-corrected chi connectivity index (χ0v) is 9.11. The van der Waals surface area contributed by atoms with Crippen molar-refractivity contribution >= 4 is 17.2 Å². The first-order valence-corrected chi connectivity index (χ1v) is 5.93. The maximum atomic E-state index is 13.1. The van der Waals surface area contributed by atoms with E-state index in [1.165, 1.54) is 0 Å². The Kier molecular flexibility index (Phi) is 3.13. The van der Waals surface area contributed by atoms with Crippen LogP contribution in [0, 0.1) is 5.82 Å². The summed E-state index contributed by atoms with van der Waals surface area (Å²) in [7, 11) is 0. The van der Waals surface area contributed by atoms with Crippen molar-refractivity contribution in [3.05, 3.63) is 22.5 Å². The number of hydrogen-bond acceptors (Lipinski definition) is 5. The molecule has 0 saturated carbocycles. The van der Waals surface area contributed by atoms with Gasteiger partial charge in [0, 0.05) is 6.42 Å². The average molecular weight is 248 g/mol. The monoisotopic (exact) mass is 248 g/mol. The Morgan fingerprint density at radius 1 is 1.81 bits per heavy atom. The number of rotatable bonds is 2. The number of halogens is 1. The van der Waals surface area contributed by atoms with Crippen molar-refractivity contribution in [1.29, 1.82) is 0 Å². The number of anilines is 1. The first kappa shape index (κ1) is 11.4. The third kappa shape index (κ3) is 2.04. The van der Waals surface area contributed by atoms with Gasteiger partial charge >= 0.3 is 5.69 Å². The van der Waals surface area contributed by atoms with E-state index >= 15 is 0 Å². The summed E-state index contributed by atoms with van der Waals surface area (Å²) >= 11 is -0.865. The Labute approximate surface area is 93.5 Å². The number of aliphatic hydroxyl groups is 1. The third-order valence-corrected chi connectivity index (χ3v) is 3.94. The Morgan fingerprint density at radius 3 is 3.19 bits per heavy atom. The normalized spacial score (nSPS) is 24.9. The molecular formula is C8H11FN3O3S+. The van der Waals surface area contributed by atoms with E-state index in [4.69, 9.17) is 15.0 Å². The van der Waals surface area contributed by atoms with Crippen LogP contribution in [-0.4, -0.2) is 32.5 Å². The standard InChI is InChI=1S/C8H10FN3O3S/c9-6-3-12(8(14)11-7(6)10)16-2-1-5(4-13)15-16/h3,5,13H,1-2,4H2,(H-,10,11,14)/p+1/t5-,16?/m0/s1. The Morgan fingerprint density at radius 2 is 2.56 bits per heavy atom. The highest BCUT2D eigenvalue weighted by molar-refractivity contribution is 7.91. The second-order valence-electron chi connectivity index (χ2n) is 3.30. The minimum absolute atomic E-state index is 0.108. The van der Waals surface area contributed by atoms with Gasteiger partial charge in [-0.3, -0.25) is 0 Å². The smallest absolute Gasteiger partial charge is 0.393 e. The van der Waals surface area contributed by atoms with Gasteiger partial charge in [0.25, 0.3) is 11.4 Å². The molecule has 1 saturated heterocycles. The van der Waals surface area contributed by atoms with Crippen molar-refractivity contribution in [3.8, 4) is 0 Å². The van der Waals surface area contributed by atoms with E-state index in [-0.39, 0.29) is 12.7 Å². The fourth-order valence-electron chi connectivity index (χ4n) is 1.33. The van der Waals surface area contributed by atoms with Crippen LogP contribution >= 0.6 is 0 Å². The molecule has 2 rings (SSSR count). The first-order chi connectivity index (χ1) is 7.61. The van der Waals surface area contributed by atoms with Gasteiger partial charge in [-0.25, -0.2) is 9.18 Å². The summed E-state index contributed by atoms with van der Waals surface area (Å²) in [5, 5.41) is 8.88. The molecule has 88 valence electrons. The number of nitrogen functional groups attached to an aromatic ring is 1. The summed E-state index contributed by atoms with van der Waals surface area (Å²) in [4.78, 5) is 14.8. The molecule has 0 bridgehead atoms. The summed E-state index contributed by atoms with van der Waals surface area (Å²) in [6.45, 7) is -0.108. The third-order valence-electron chi connectivity index (χ3n) is 2.16. The van der Waals surface area contributed by atoms with Crippen LogP contribution in [0.15, 0.2) is 11.0 Å². The Hall–Kier alpha value is -1.12. The van der Waals surface area contributed by atoms with Crippen LogP contribution in [0.2, 0.25) is 0 Å². The molecule has 2 atom stereocenters. The molecule has 16 heavy (non-hydrogen) atoms. The van der Waals surface area contributed by atoms with Crippen molar-refractivity contribution in [2.75, 3.05) is 18.1 Å². The van der Waals surface area contributed by atoms with Crippen LogP contribution in [-0.2, 0) is 15.5 Å². The van der Waals surface area contributed by atoms with E-state index in [9.17, 15) is 9.18 Å². The molecule has 6 nitrogen and oxygen atoms in total. The summed E-state index contributed by atoms with van der Waals surface area (Å²) in [6, 6.07) is 0. The van der Waals surface area contributed by atoms with Gasteiger partial charge in [0.15, 0.2) is 17.4 Å². The highest BCUT2D eigenvalue weighted by Crippen LogP contribution is 2.19. The van der Waals surface area contributed by atoms with E-state index in [0.717, 1.165) is 10.2 Å². The zero-order valence-electron chi connectivity index (χ0n) is 8.30. The molecule has 1 fully saturated rings. The molecule has 1 aromatic rings. The van der Waals surface area contributed by atoms with Gasteiger partial charge in [-0.15, -0.1) is 4.18 Å². The van der Waals surface area contributed by atoms with Crippen molar-refractivity contribution in [1.82, 2.24) is 8.96 Å². The molecular weight excluding hydrogens is 237 g/mol. The number of nitrogens with zero attached hydrogens (tertiary/aromatic N) is 2. The van der Waals surface area contributed by atoms with Crippen LogP contribution in [0.4, 0.5) is 10.2 Å². The Balaban J connectivity index is 2.28. The minimum Gasteiger partial charge on any atom is -0.393 e. The number of hydrogen-bond donors (Lipinski definition) is 2. The minimum atomic E-state index is -0.865.